The summed E-state index contributed by atoms with van der Waals surface area (Å²) in [7, 11) is 1.72. The quantitative estimate of drug-likeness (QED) is 0.509. The lowest BCUT2D eigenvalue weighted by atomic mass is 10.0. The highest BCUT2D eigenvalue weighted by Gasteiger charge is 2.33. The first kappa shape index (κ1) is 17.5. The minimum absolute atomic E-state index is 0.0437. The Bertz CT molecular complexity index is 635. The number of hydrogen-bond acceptors (Lipinski definition) is 2. The number of thiophene rings is 1. The van der Waals surface area contributed by atoms with Gasteiger partial charge in [0, 0.05) is 13.8 Å². The van der Waals surface area contributed by atoms with Gasteiger partial charge in [0.1, 0.15) is 0 Å². The molecule has 114 valence electrons. The first-order valence-corrected chi connectivity index (χ1v) is 8.92. The maximum atomic E-state index is 13.0. The Balaban J connectivity index is 2.48. The summed E-state index contributed by atoms with van der Waals surface area (Å²) in [6.45, 7) is 0. The summed E-state index contributed by atoms with van der Waals surface area (Å²) in [4.78, 5) is 0.923. The molecule has 1 aromatic heterocycles. The van der Waals surface area contributed by atoms with Gasteiger partial charge in [-0.05, 0) is 62.7 Å². The normalized spacial score (nSPS) is 13.5. The van der Waals surface area contributed by atoms with E-state index in [4.69, 9.17) is 0 Å². The molecule has 2 rings (SSSR count). The van der Waals surface area contributed by atoms with Crippen molar-refractivity contribution in [1.29, 1.82) is 0 Å². The highest BCUT2D eigenvalue weighted by molar-refractivity contribution is 9.13. The van der Waals surface area contributed by atoms with Gasteiger partial charge in [0.15, 0.2) is 0 Å². The predicted molar refractivity (Wildman–Crippen MR) is 89.8 cm³/mol. The van der Waals surface area contributed by atoms with E-state index in [2.05, 4.69) is 53.1 Å². The van der Waals surface area contributed by atoms with Gasteiger partial charge in [0.25, 0.3) is 0 Å². The number of rotatable bonds is 3. The summed E-state index contributed by atoms with van der Waals surface area (Å²) in [5.41, 5.74) is -0.107. The average Bonchev–Trinajstić information content (AvgIpc) is 2.71. The zero-order valence-electron chi connectivity index (χ0n) is 10.6. The van der Waals surface area contributed by atoms with E-state index in [1.54, 1.807) is 13.1 Å². The fourth-order valence-corrected chi connectivity index (χ4v) is 4.62. The number of halogens is 6. The van der Waals surface area contributed by atoms with Gasteiger partial charge in [-0.1, -0.05) is 22.0 Å². The fourth-order valence-electron chi connectivity index (χ4n) is 1.92. The van der Waals surface area contributed by atoms with Crippen molar-refractivity contribution in [3.63, 3.8) is 0 Å². The van der Waals surface area contributed by atoms with Crippen molar-refractivity contribution in [2.45, 2.75) is 12.2 Å². The molecule has 8 heteroatoms. The van der Waals surface area contributed by atoms with Crippen LogP contribution in [-0.4, -0.2) is 7.05 Å². The van der Waals surface area contributed by atoms with Crippen molar-refractivity contribution < 1.29 is 13.2 Å². The van der Waals surface area contributed by atoms with Crippen molar-refractivity contribution >= 4 is 59.1 Å². The third kappa shape index (κ3) is 3.90. The smallest absolute Gasteiger partial charge is 0.309 e. The first-order valence-electron chi connectivity index (χ1n) is 5.72. The van der Waals surface area contributed by atoms with Gasteiger partial charge >= 0.3 is 6.18 Å². The minimum Gasteiger partial charge on any atom is -0.309 e. The Labute approximate surface area is 149 Å². The van der Waals surface area contributed by atoms with Crippen LogP contribution in [0.15, 0.2) is 37.0 Å². The van der Waals surface area contributed by atoms with Crippen LogP contribution in [0.25, 0.3) is 0 Å². The molecule has 0 aliphatic rings. The summed E-state index contributed by atoms with van der Waals surface area (Å²) in [5, 5.41) is 3.06. The Kier molecular flexibility index (Phi) is 5.57. The number of hydrogen-bond donors (Lipinski definition) is 1. The number of benzene rings is 1. The maximum absolute atomic E-state index is 13.0. The molecule has 0 bridgehead atoms. The van der Waals surface area contributed by atoms with Crippen LogP contribution in [0, 0.1) is 0 Å². The molecule has 1 aromatic carbocycles. The Morgan fingerprint density at radius 2 is 1.76 bits per heavy atom. The molecular weight excluding hydrogens is 499 g/mol. The third-order valence-electron chi connectivity index (χ3n) is 2.87. The molecule has 1 atom stereocenters. The van der Waals surface area contributed by atoms with E-state index in [1.807, 2.05) is 6.07 Å². The third-order valence-corrected chi connectivity index (χ3v) is 6.88. The molecular formula is C13H9Br3F3NS. The summed E-state index contributed by atoms with van der Waals surface area (Å²) in [6.07, 6.45) is -4.39. The Hall–Kier alpha value is 0.110. The van der Waals surface area contributed by atoms with Crippen LogP contribution < -0.4 is 5.32 Å². The van der Waals surface area contributed by atoms with Crippen LogP contribution in [0.4, 0.5) is 13.2 Å². The van der Waals surface area contributed by atoms with Gasteiger partial charge in [0.2, 0.25) is 0 Å². The van der Waals surface area contributed by atoms with Gasteiger partial charge in [-0.2, -0.15) is 13.2 Å². The lowest BCUT2D eigenvalue weighted by Crippen LogP contribution is -2.17. The molecule has 21 heavy (non-hydrogen) atoms. The van der Waals surface area contributed by atoms with E-state index in [0.29, 0.717) is 5.56 Å². The van der Waals surface area contributed by atoms with Gasteiger partial charge in [-0.15, -0.1) is 11.3 Å². The summed E-state index contributed by atoms with van der Waals surface area (Å²) in [6, 6.07) is 5.88. The monoisotopic (exact) mass is 505 g/mol. The van der Waals surface area contributed by atoms with Crippen LogP contribution in [0.1, 0.15) is 22.0 Å². The molecule has 1 nitrogen and oxygen atoms in total. The second-order valence-electron chi connectivity index (χ2n) is 4.23. The highest BCUT2D eigenvalue weighted by atomic mass is 79.9. The Morgan fingerprint density at radius 3 is 2.24 bits per heavy atom. The van der Waals surface area contributed by atoms with E-state index in [9.17, 15) is 13.2 Å². The topological polar surface area (TPSA) is 12.0 Å². The van der Waals surface area contributed by atoms with E-state index in [0.717, 1.165) is 13.1 Å². The van der Waals surface area contributed by atoms with Gasteiger partial charge in [0.05, 0.1) is 15.4 Å². The van der Waals surface area contributed by atoms with Crippen molar-refractivity contribution in [2.75, 3.05) is 7.05 Å². The summed E-state index contributed by atoms with van der Waals surface area (Å²) in [5.74, 6) is 0. The maximum Gasteiger partial charge on any atom is 0.417 e. The average molecular weight is 508 g/mol. The van der Waals surface area contributed by atoms with Gasteiger partial charge in [-0.25, -0.2) is 0 Å². The number of nitrogens with one attached hydrogen (secondary N) is 1. The largest absolute Gasteiger partial charge is 0.417 e. The van der Waals surface area contributed by atoms with Crippen LogP contribution in [-0.2, 0) is 6.18 Å². The molecule has 0 amide bonds. The van der Waals surface area contributed by atoms with Crippen molar-refractivity contribution in [3.05, 3.63) is 53.0 Å². The van der Waals surface area contributed by atoms with E-state index in [-0.39, 0.29) is 10.5 Å². The van der Waals surface area contributed by atoms with Crippen molar-refractivity contribution in [2.24, 2.45) is 0 Å². The zero-order valence-corrected chi connectivity index (χ0v) is 16.1. The van der Waals surface area contributed by atoms with E-state index >= 15 is 0 Å². The second-order valence-corrected chi connectivity index (χ2v) is 8.34. The molecule has 1 unspecified atom stereocenters. The van der Waals surface area contributed by atoms with Crippen LogP contribution in [0.2, 0.25) is 0 Å². The second kappa shape index (κ2) is 6.70. The van der Waals surface area contributed by atoms with Crippen LogP contribution in [0.3, 0.4) is 0 Å². The van der Waals surface area contributed by atoms with Gasteiger partial charge < -0.3 is 5.32 Å². The summed E-state index contributed by atoms with van der Waals surface area (Å²) >= 11 is 11.2. The summed E-state index contributed by atoms with van der Waals surface area (Å²) < 4.78 is 40.8. The molecule has 0 radical (unpaired) electrons. The van der Waals surface area contributed by atoms with E-state index in [1.165, 1.54) is 23.5 Å². The predicted octanol–water partition coefficient (Wildman–Crippen LogP) is 6.36. The molecule has 0 fully saturated rings. The Morgan fingerprint density at radius 1 is 1.10 bits per heavy atom. The number of alkyl halides is 3. The molecule has 0 aliphatic heterocycles. The SMILES string of the molecule is CNC(c1ccc(Br)c(C(F)(F)F)c1)c1cc(Br)c(Br)s1. The molecule has 0 aliphatic carbocycles. The lowest BCUT2D eigenvalue weighted by Gasteiger charge is -2.18. The van der Waals surface area contributed by atoms with Crippen molar-refractivity contribution in [3.8, 4) is 0 Å². The van der Waals surface area contributed by atoms with Crippen molar-refractivity contribution in [1.82, 2.24) is 5.32 Å². The fraction of sp³-hybridized carbons (Fsp3) is 0.231. The standard InChI is InChI=1S/C13H9Br3F3NS/c1-20-11(10-5-9(15)12(16)21-10)6-2-3-8(14)7(4-6)13(17,18)19/h2-5,11,20H,1H3. The molecule has 0 saturated carbocycles. The highest BCUT2D eigenvalue weighted by Crippen LogP contribution is 2.40. The zero-order chi connectivity index (χ0) is 15.8. The minimum atomic E-state index is -4.39. The lowest BCUT2D eigenvalue weighted by molar-refractivity contribution is -0.138. The molecule has 0 spiro atoms. The first-order chi connectivity index (χ1) is 9.74. The molecule has 1 heterocycles. The van der Waals surface area contributed by atoms with Crippen LogP contribution >= 0.6 is 59.1 Å². The van der Waals surface area contributed by atoms with Crippen LogP contribution in [0.5, 0.6) is 0 Å². The van der Waals surface area contributed by atoms with Gasteiger partial charge in [-0.3, -0.25) is 0 Å². The molecule has 1 N–H and O–H groups in total. The molecule has 0 saturated heterocycles. The molecule has 2 aromatic rings. The van der Waals surface area contributed by atoms with E-state index < -0.39 is 11.7 Å².